The highest BCUT2D eigenvalue weighted by atomic mass is 32.2. The number of thioether (sulfide) groups is 1. The molecular formula is C15H24O2S. The Bertz CT molecular complexity index is 313. The largest absolute Gasteiger partial charge is 0.375 e. The molecule has 1 saturated carbocycles. The van der Waals surface area contributed by atoms with Gasteiger partial charge in [-0.3, -0.25) is 4.79 Å². The van der Waals surface area contributed by atoms with Crippen LogP contribution in [0, 0.1) is 17.8 Å². The summed E-state index contributed by atoms with van der Waals surface area (Å²) in [6.07, 6.45) is 6.82. The zero-order valence-electron chi connectivity index (χ0n) is 11.3. The lowest BCUT2D eigenvalue weighted by atomic mass is 9.77. The summed E-state index contributed by atoms with van der Waals surface area (Å²) in [4.78, 5) is 12.5. The zero-order chi connectivity index (χ0) is 12.6. The van der Waals surface area contributed by atoms with Crippen molar-refractivity contribution >= 4 is 17.5 Å². The molecular weight excluding hydrogens is 244 g/mol. The van der Waals surface area contributed by atoms with E-state index in [0.717, 1.165) is 32.3 Å². The third-order valence-corrected chi connectivity index (χ3v) is 6.06. The molecule has 2 nitrogen and oxygen atoms in total. The maximum Gasteiger partial charge on any atom is 0.139 e. The monoisotopic (exact) mass is 268 g/mol. The summed E-state index contributed by atoms with van der Waals surface area (Å²) in [6, 6.07) is 0. The first-order valence-electron chi connectivity index (χ1n) is 7.46. The van der Waals surface area contributed by atoms with Crippen LogP contribution < -0.4 is 0 Å². The third-order valence-electron chi connectivity index (χ3n) is 5.08. The highest BCUT2D eigenvalue weighted by Crippen LogP contribution is 2.43. The van der Waals surface area contributed by atoms with Crippen molar-refractivity contribution in [3.63, 3.8) is 0 Å². The van der Waals surface area contributed by atoms with Crippen LogP contribution in [0.4, 0.5) is 0 Å². The second kappa shape index (κ2) is 5.16. The van der Waals surface area contributed by atoms with E-state index in [2.05, 4.69) is 6.92 Å². The Kier molecular flexibility index (Phi) is 3.72. The minimum atomic E-state index is 0.0626. The van der Waals surface area contributed by atoms with E-state index < -0.39 is 0 Å². The van der Waals surface area contributed by atoms with E-state index in [1.807, 2.05) is 11.8 Å². The summed E-state index contributed by atoms with van der Waals surface area (Å²) < 4.78 is 6.08. The van der Waals surface area contributed by atoms with Gasteiger partial charge in [-0.25, -0.2) is 0 Å². The molecule has 0 N–H and O–H groups in total. The van der Waals surface area contributed by atoms with Crippen LogP contribution >= 0.6 is 11.8 Å². The predicted octanol–water partition coefficient (Wildman–Crippen LogP) is 3.29. The summed E-state index contributed by atoms with van der Waals surface area (Å²) in [6.45, 7) is 2.96. The van der Waals surface area contributed by atoms with Crippen LogP contribution in [-0.2, 0) is 9.53 Å². The van der Waals surface area contributed by atoms with Crippen molar-refractivity contribution in [2.24, 2.45) is 17.8 Å². The van der Waals surface area contributed by atoms with Gasteiger partial charge < -0.3 is 4.74 Å². The standard InChI is InChI=1S/C15H24O2S/c1-11(12-2-3-12)14(16)13-4-7-17-15(10-13)5-8-18-9-6-15/h11-13H,2-10H2,1H3. The highest BCUT2D eigenvalue weighted by molar-refractivity contribution is 7.99. The van der Waals surface area contributed by atoms with E-state index in [-0.39, 0.29) is 11.5 Å². The molecule has 0 bridgehead atoms. The fraction of sp³-hybridized carbons (Fsp3) is 0.933. The fourth-order valence-electron chi connectivity index (χ4n) is 3.56. The van der Waals surface area contributed by atoms with Crippen molar-refractivity contribution < 1.29 is 9.53 Å². The molecule has 3 aliphatic rings. The molecule has 18 heavy (non-hydrogen) atoms. The minimum absolute atomic E-state index is 0.0626. The molecule has 0 aromatic carbocycles. The molecule has 2 saturated heterocycles. The first-order chi connectivity index (χ1) is 8.70. The summed E-state index contributed by atoms with van der Waals surface area (Å²) >= 11 is 2.03. The molecule has 2 aliphatic heterocycles. The molecule has 3 rings (SSSR count). The summed E-state index contributed by atoms with van der Waals surface area (Å²) in [5.74, 6) is 4.26. The van der Waals surface area contributed by atoms with Crippen LogP contribution in [-0.4, -0.2) is 29.5 Å². The first-order valence-corrected chi connectivity index (χ1v) is 8.61. The Hall–Kier alpha value is -0.0200. The van der Waals surface area contributed by atoms with Crippen LogP contribution in [0.3, 0.4) is 0 Å². The number of carbonyl (C=O) groups is 1. The van der Waals surface area contributed by atoms with E-state index >= 15 is 0 Å². The van der Waals surface area contributed by atoms with Gasteiger partial charge in [0, 0.05) is 18.4 Å². The molecule has 102 valence electrons. The lowest BCUT2D eigenvalue weighted by molar-refractivity contribution is -0.142. The molecule has 0 radical (unpaired) electrons. The molecule has 3 fully saturated rings. The predicted molar refractivity (Wildman–Crippen MR) is 74.9 cm³/mol. The Labute approximate surface area is 114 Å². The van der Waals surface area contributed by atoms with Gasteiger partial charge >= 0.3 is 0 Å². The Balaban J connectivity index is 1.63. The molecule has 1 aliphatic carbocycles. The number of hydrogen-bond acceptors (Lipinski definition) is 3. The van der Waals surface area contributed by atoms with E-state index in [1.165, 1.54) is 24.3 Å². The minimum Gasteiger partial charge on any atom is -0.375 e. The van der Waals surface area contributed by atoms with Crippen molar-refractivity contribution in [2.75, 3.05) is 18.1 Å². The van der Waals surface area contributed by atoms with Crippen LogP contribution in [0.5, 0.6) is 0 Å². The molecule has 3 heteroatoms. The van der Waals surface area contributed by atoms with Gasteiger partial charge in [-0.05, 0) is 55.9 Å². The Morgan fingerprint density at radius 3 is 2.67 bits per heavy atom. The Morgan fingerprint density at radius 2 is 2.00 bits per heavy atom. The van der Waals surface area contributed by atoms with Gasteiger partial charge in [-0.15, -0.1) is 0 Å². The van der Waals surface area contributed by atoms with Crippen molar-refractivity contribution in [2.45, 2.75) is 51.0 Å². The van der Waals surface area contributed by atoms with Gasteiger partial charge in [0.05, 0.1) is 5.60 Å². The van der Waals surface area contributed by atoms with Gasteiger partial charge in [0.2, 0.25) is 0 Å². The smallest absolute Gasteiger partial charge is 0.139 e. The summed E-state index contributed by atoms with van der Waals surface area (Å²) in [7, 11) is 0. The first kappa shape index (κ1) is 13.0. The van der Waals surface area contributed by atoms with Crippen molar-refractivity contribution in [3.05, 3.63) is 0 Å². The van der Waals surface area contributed by atoms with Crippen molar-refractivity contribution in [3.8, 4) is 0 Å². The van der Waals surface area contributed by atoms with E-state index in [4.69, 9.17) is 4.74 Å². The Morgan fingerprint density at radius 1 is 1.28 bits per heavy atom. The normalized spacial score (nSPS) is 33.3. The van der Waals surface area contributed by atoms with E-state index in [9.17, 15) is 4.79 Å². The summed E-state index contributed by atoms with van der Waals surface area (Å²) in [5, 5.41) is 0. The fourth-order valence-corrected chi connectivity index (χ4v) is 4.80. The second-order valence-electron chi connectivity index (χ2n) is 6.36. The SMILES string of the molecule is CC(C(=O)C1CCOC2(CCSCC2)C1)C1CC1. The van der Waals surface area contributed by atoms with Crippen molar-refractivity contribution in [1.82, 2.24) is 0 Å². The van der Waals surface area contributed by atoms with Crippen LogP contribution in [0.25, 0.3) is 0 Å². The van der Waals surface area contributed by atoms with Crippen LogP contribution in [0.1, 0.15) is 45.4 Å². The van der Waals surface area contributed by atoms with Gasteiger partial charge in [0.15, 0.2) is 0 Å². The molecule has 2 unspecified atom stereocenters. The number of ether oxygens (including phenoxy) is 1. The molecule has 2 atom stereocenters. The lowest BCUT2D eigenvalue weighted by Crippen LogP contribution is -2.45. The van der Waals surface area contributed by atoms with Crippen molar-refractivity contribution in [1.29, 1.82) is 0 Å². The molecule has 2 heterocycles. The topological polar surface area (TPSA) is 26.3 Å². The van der Waals surface area contributed by atoms with Crippen LogP contribution in [0.15, 0.2) is 0 Å². The summed E-state index contributed by atoms with van der Waals surface area (Å²) in [5.41, 5.74) is 0.0626. The number of carbonyl (C=O) groups excluding carboxylic acids is 1. The maximum absolute atomic E-state index is 12.5. The number of ketones is 1. The molecule has 1 spiro atoms. The molecule has 0 aromatic rings. The number of Topliss-reactive ketones (excluding diaryl/α,β-unsaturated/α-hetero) is 1. The third kappa shape index (κ3) is 2.62. The maximum atomic E-state index is 12.5. The van der Waals surface area contributed by atoms with E-state index in [0.29, 0.717) is 17.6 Å². The van der Waals surface area contributed by atoms with Crippen LogP contribution in [0.2, 0.25) is 0 Å². The van der Waals surface area contributed by atoms with Gasteiger partial charge in [0.25, 0.3) is 0 Å². The average Bonchev–Trinajstić information content (AvgIpc) is 3.22. The molecule has 0 amide bonds. The number of rotatable bonds is 3. The zero-order valence-corrected chi connectivity index (χ0v) is 12.1. The van der Waals surface area contributed by atoms with Gasteiger partial charge in [-0.2, -0.15) is 11.8 Å². The number of hydrogen-bond donors (Lipinski definition) is 0. The highest BCUT2D eigenvalue weighted by Gasteiger charge is 2.43. The second-order valence-corrected chi connectivity index (χ2v) is 7.59. The quantitative estimate of drug-likeness (QED) is 0.785. The average molecular weight is 268 g/mol. The van der Waals surface area contributed by atoms with Gasteiger partial charge in [-0.1, -0.05) is 6.92 Å². The molecule has 0 aromatic heterocycles. The van der Waals surface area contributed by atoms with E-state index in [1.54, 1.807) is 0 Å². The van der Waals surface area contributed by atoms with Gasteiger partial charge in [0.1, 0.15) is 5.78 Å². The lowest BCUT2D eigenvalue weighted by Gasteiger charge is -2.43.